The molecular formula is C14H18N2O. The van der Waals surface area contributed by atoms with Crippen molar-refractivity contribution in [2.45, 2.75) is 6.92 Å². The van der Waals surface area contributed by atoms with Crippen molar-refractivity contribution >= 4 is 5.91 Å². The first-order chi connectivity index (χ1) is 8.18. The van der Waals surface area contributed by atoms with Crippen LogP contribution in [0.5, 0.6) is 0 Å². The Bertz CT molecular complexity index is 405. The lowest BCUT2D eigenvalue weighted by Crippen LogP contribution is -2.47. The van der Waals surface area contributed by atoms with E-state index in [4.69, 9.17) is 0 Å². The van der Waals surface area contributed by atoms with Crippen LogP contribution in [-0.4, -0.2) is 41.9 Å². The van der Waals surface area contributed by atoms with Crippen molar-refractivity contribution in [3.05, 3.63) is 48.2 Å². The molecule has 1 amide bonds. The van der Waals surface area contributed by atoms with Crippen molar-refractivity contribution in [2.24, 2.45) is 0 Å². The molecule has 17 heavy (non-hydrogen) atoms. The Kier molecular flexibility index (Phi) is 3.47. The second kappa shape index (κ2) is 5.04. The summed E-state index contributed by atoms with van der Waals surface area (Å²) in [5.74, 6) is 0.131. The molecule has 1 fully saturated rings. The van der Waals surface area contributed by atoms with Crippen LogP contribution in [0.4, 0.5) is 0 Å². The number of rotatable bonds is 2. The van der Waals surface area contributed by atoms with Crippen molar-refractivity contribution in [3.8, 4) is 0 Å². The standard InChI is InChI=1S/C14H18N2O/c1-12(2)15-8-10-16(11-9-15)14(17)13-6-4-3-5-7-13/h3-7H,1,8-11H2,2H3. The molecule has 0 saturated carbocycles. The number of allylic oxidation sites excluding steroid dienone is 1. The van der Waals surface area contributed by atoms with Gasteiger partial charge in [-0.15, -0.1) is 0 Å². The minimum absolute atomic E-state index is 0.131. The van der Waals surface area contributed by atoms with E-state index in [1.165, 1.54) is 0 Å². The van der Waals surface area contributed by atoms with Crippen molar-refractivity contribution in [2.75, 3.05) is 26.2 Å². The van der Waals surface area contributed by atoms with Gasteiger partial charge in [-0.05, 0) is 19.1 Å². The largest absolute Gasteiger partial charge is 0.372 e. The number of carbonyl (C=O) groups is 1. The number of hydrogen-bond acceptors (Lipinski definition) is 2. The zero-order valence-electron chi connectivity index (χ0n) is 10.2. The van der Waals surface area contributed by atoms with E-state index in [0.717, 1.165) is 37.4 Å². The van der Waals surface area contributed by atoms with Gasteiger partial charge in [0.05, 0.1) is 0 Å². The Morgan fingerprint density at radius 3 is 2.12 bits per heavy atom. The molecule has 0 spiro atoms. The van der Waals surface area contributed by atoms with E-state index < -0.39 is 0 Å². The van der Waals surface area contributed by atoms with Crippen LogP contribution in [0.3, 0.4) is 0 Å². The van der Waals surface area contributed by atoms with E-state index in [1.54, 1.807) is 0 Å². The van der Waals surface area contributed by atoms with E-state index in [9.17, 15) is 4.79 Å². The molecule has 1 aromatic carbocycles. The van der Waals surface area contributed by atoms with Gasteiger partial charge in [-0.1, -0.05) is 24.8 Å². The first-order valence-corrected chi connectivity index (χ1v) is 5.93. The van der Waals surface area contributed by atoms with Gasteiger partial charge in [0.15, 0.2) is 0 Å². The molecule has 1 aromatic rings. The predicted molar refractivity (Wildman–Crippen MR) is 68.7 cm³/mol. The summed E-state index contributed by atoms with van der Waals surface area (Å²) in [5, 5.41) is 0. The van der Waals surface area contributed by atoms with Gasteiger partial charge in [0, 0.05) is 37.4 Å². The zero-order valence-corrected chi connectivity index (χ0v) is 10.2. The van der Waals surface area contributed by atoms with Gasteiger partial charge in [0.2, 0.25) is 0 Å². The third kappa shape index (κ3) is 2.67. The molecule has 1 aliphatic heterocycles. The Morgan fingerprint density at radius 2 is 1.59 bits per heavy atom. The maximum absolute atomic E-state index is 12.2. The summed E-state index contributed by atoms with van der Waals surface area (Å²) < 4.78 is 0. The van der Waals surface area contributed by atoms with Crippen LogP contribution in [0.1, 0.15) is 17.3 Å². The highest BCUT2D eigenvalue weighted by atomic mass is 16.2. The van der Waals surface area contributed by atoms with Crippen LogP contribution in [0.15, 0.2) is 42.6 Å². The third-order valence-electron chi connectivity index (χ3n) is 3.13. The predicted octanol–water partition coefficient (Wildman–Crippen LogP) is 1.98. The highest BCUT2D eigenvalue weighted by molar-refractivity contribution is 5.94. The highest BCUT2D eigenvalue weighted by Gasteiger charge is 2.21. The summed E-state index contributed by atoms with van der Waals surface area (Å²) in [6.45, 7) is 9.26. The first-order valence-electron chi connectivity index (χ1n) is 5.93. The van der Waals surface area contributed by atoms with E-state index in [-0.39, 0.29) is 5.91 Å². The topological polar surface area (TPSA) is 23.6 Å². The number of amides is 1. The van der Waals surface area contributed by atoms with Crippen molar-refractivity contribution < 1.29 is 4.79 Å². The van der Waals surface area contributed by atoms with E-state index >= 15 is 0 Å². The second-order valence-corrected chi connectivity index (χ2v) is 4.38. The summed E-state index contributed by atoms with van der Waals surface area (Å²) in [6.07, 6.45) is 0. The van der Waals surface area contributed by atoms with Crippen LogP contribution in [0.2, 0.25) is 0 Å². The molecule has 1 aliphatic rings. The molecule has 2 rings (SSSR count). The lowest BCUT2D eigenvalue weighted by Gasteiger charge is -2.36. The second-order valence-electron chi connectivity index (χ2n) is 4.38. The van der Waals surface area contributed by atoms with Crippen molar-refractivity contribution in [1.82, 2.24) is 9.80 Å². The Hall–Kier alpha value is -1.77. The SMILES string of the molecule is C=C(C)N1CCN(C(=O)c2ccccc2)CC1. The third-order valence-corrected chi connectivity index (χ3v) is 3.13. The summed E-state index contributed by atoms with van der Waals surface area (Å²) in [5.41, 5.74) is 1.85. The van der Waals surface area contributed by atoms with Crippen molar-refractivity contribution in [3.63, 3.8) is 0 Å². The van der Waals surface area contributed by atoms with Crippen LogP contribution < -0.4 is 0 Å². The Labute approximate surface area is 102 Å². The van der Waals surface area contributed by atoms with Gasteiger partial charge in [0.1, 0.15) is 0 Å². The monoisotopic (exact) mass is 230 g/mol. The molecule has 0 bridgehead atoms. The summed E-state index contributed by atoms with van der Waals surface area (Å²) in [6, 6.07) is 9.46. The fourth-order valence-corrected chi connectivity index (χ4v) is 2.05. The molecule has 0 N–H and O–H groups in total. The van der Waals surface area contributed by atoms with Crippen LogP contribution in [0.25, 0.3) is 0 Å². The number of nitrogens with zero attached hydrogens (tertiary/aromatic N) is 2. The maximum atomic E-state index is 12.2. The minimum atomic E-state index is 0.131. The maximum Gasteiger partial charge on any atom is 0.253 e. The smallest absolute Gasteiger partial charge is 0.253 e. The molecule has 90 valence electrons. The van der Waals surface area contributed by atoms with E-state index in [0.29, 0.717) is 0 Å². The average Bonchev–Trinajstić information content (AvgIpc) is 2.39. The summed E-state index contributed by atoms with van der Waals surface area (Å²) in [4.78, 5) is 16.3. The van der Waals surface area contributed by atoms with E-state index in [2.05, 4.69) is 11.5 Å². The molecule has 0 aliphatic carbocycles. The fourth-order valence-electron chi connectivity index (χ4n) is 2.05. The number of hydrogen-bond donors (Lipinski definition) is 0. The molecular weight excluding hydrogens is 212 g/mol. The molecule has 1 heterocycles. The molecule has 0 unspecified atom stereocenters. The summed E-state index contributed by atoms with van der Waals surface area (Å²) in [7, 11) is 0. The Morgan fingerprint density at radius 1 is 1.06 bits per heavy atom. The van der Waals surface area contributed by atoms with Crippen molar-refractivity contribution in [1.29, 1.82) is 0 Å². The minimum Gasteiger partial charge on any atom is -0.372 e. The first kappa shape index (κ1) is 11.7. The fraction of sp³-hybridized carbons (Fsp3) is 0.357. The molecule has 0 radical (unpaired) electrons. The number of piperazine rings is 1. The van der Waals surface area contributed by atoms with Crippen LogP contribution in [-0.2, 0) is 0 Å². The lowest BCUT2D eigenvalue weighted by molar-refractivity contribution is 0.0670. The molecule has 0 atom stereocenters. The highest BCUT2D eigenvalue weighted by Crippen LogP contribution is 2.11. The average molecular weight is 230 g/mol. The van der Waals surface area contributed by atoms with Gasteiger partial charge >= 0.3 is 0 Å². The van der Waals surface area contributed by atoms with Gasteiger partial charge in [-0.2, -0.15) is 0 Å². The van der Waals surface area contributed by atoms with Gasteiger partial charge in [0.25, 0.3) is 5.91 Å². The number of carbonyl (C=O) groups excluding carboxylic acids is 1. The zero-order chi connectivity index (χ0) is 12.3. The number of benzene rings is 1. The van der Waals surface area contributed by atoms with Crippen LogP contribution >= 0.6 is 0 Å². The molecule has 0 aromatic heterocycles. The lowest BCUT2D eigenvalue weighted by atomic mass is 10.2. The Balaban J connectivity index is 1.98. The van der Waals surface area contributed by atoms with Gasteiger partial charge < -0.3 is 9.80 Å². The summed E-state index contributed by atoms with van der Waals surface area (Å²) >= 11 is 0. The van der Waals surface area contributed by atoms with Gasteiger partial charge in [-0.3, -0.25) is 4.79 Å². The normalized spacial score (nSPS) is 15.8. The van der Waals surface area contributed by atoms with Gasteiger partial charge in [-0.25, -0.2) is 0 Å². The van der Waals surface area contributed by atoms with Crippen LogP contribution in [0, 0.1) is 0 Å². The molecule has 3 nitrogen and oxygen atoms in total. The molecule has 1 saturated heterocycles. The molecule has 3 heteroatoms. The quantitative estimate of drug-likeness (QED) is 0.775. The van der Waals surface area contributed by atoms with E-state index in [1.807, 2.05) is 42.2 Å².